The Morgan fingerprint density at radius 1 is 1.04 bits per heavy atom. The number of imide groups is 1. The number of nitrogens with zero attached hydrogens (tertiary/aromatic N) is 2. The molecule has 6 nitrogen and oxygen atoms in total. The lowest BCUT2D eigenvalue weighted by atomic mass is 10.2. The zero-order valence-electron chi connectivity index (χ0n) is 13.6. The molecule has 0 N–H and O–H groups in total. The van der Waals surface area contributed by atoms with Crippen molar-refractivity contribution in [2.45, 2.75) is 5.38 Å². The van der Waals surface area contributed by atoms with Crippen LogP contribution in [0, 0.1) is 0 Å². The number of halogens is 1. The van der Waals surface area contributed by atoms with Crippen LogP contribution in [0.4, 0.5) is 11.4 Å². The first-order valence-corrected chi connectivity index (χ1v) is 7.88. The van der Waals surface area contributed by atoms with Crippen LogP contribution in [-0.4, -0.2) is 37.1 Å². The summed E-state index contributed by atoms with van der Waals surface area (Å²) < 4.78 is 10.4. The molecule has 1 fully saturated rings. The minimum atomic E-state index is -1.16. The van der Waals surface area contributed by atoms with E-state index in [1.165, 1.54) is 14.2 Å². The van der Waals surface area contributed by atoms with Gasteiger partial charge in [0.25, 0.3) is 11.8 Å². The number of anilines is 1. The average molecular weight is 359 g/mol. The molecule has 3 rings (SSSR count). The van der Waals surface area contributed by atoms with Crippen molar-refractivity contribution in [1.82, 2.24) is 0 Å². The van der Waals surface area contributed by atoms with Crippen molar-refractivity contribution < 1.29 is 19.1 Å². The van der Waals surface area contributed by atoms with Crippen LogP contribution in [0.2, 0.25) is 0 Å². The molecule has 2 amide bonds. The fourth-order valence-corrected chi connectivity index (χ4v) is 2.73. The predicted octanol–water partition coefficient (Wildman–Crippen LogP) is 2.96. The lowest BCUT2D eigenvalue weighted by Gasteiger charge is -2.12. The molecule has 2 aromatic carbocycles. The number of carbonyl (C=O) groups is 2. The van der Waals surface area contributed by atoms with Crippen molar-refractivity contribution in [2.24, 2.45) is 4.99 Å². The molecule has 1 aliphatic rings. The van der Waals surface area contributed by atoms with E-state index in [-0.39, 0.29) is 5.71 Å². The van der Waals surface area contributed by atoms with E-state index in [0.717, 1.165) is 4.90 Å². The van der Waals surface area contributed by atoms with Gasteiger partial charge in [-0.3, -0.25) is 9.59 Å². The van der Waals surface area contributed by atoms with Gasteiger partial charge in [0, 0.05) is 6.07 Å². The Kier molecular flexibility index (Phi) is 4.72. The summed E-state index contributed by atoms with van der Waals surface area (Å²) in [5.74, 6) is -0.0990. The van der Waals surface area contributed by atoms with E-state index in [2.05, 4.69) is 4.99 Å². The first-order chi connectivity index (χ1) is 12.1. The number of hydrogen-bond acceptors (Lipinski definition) is 5. The molecule has 0 aliphatic carbocycles. The van der Waals surface area contributed by atoms with Crippen LogP contribution >= 0.6 is 11.6 Å². The highest BCUT2D eigenvalue weighted by Gasteiger charge is 2.44. The molecule has 0 spiro atoms. The molecule has 1 heterocycles. The van der Waals surface area contributed by atoms with Gasteiger partial charge in [0.15, 0.2) is 5.38 Å². The summed E-state index contributed by atoms with van der Waals surface area (Å²) in [4.78, 5) is 30.5. The molecular formula is C18H15ClN2O4. The Morgan fingerprint density at radius 2 is 1.76 bits per heavy atom. The van der Waals surface area contributed by atoms with Crippen molar-refractivity contribution in [2.75, 3.05) is 19.1 Å². The summed E-state index contributed by atoms with van der Waals surface area (Å²) in [6, 6.07) is 13.6. The average Bonchev–Trinajstić information content (AvgIpc) is 2.85. The number of aliphatic imine (C=N–C) groups is 1. The number of amides is 2. The number of ether oxygens (including phenoxy) is 2. The molecule has 1 atom stereocenters. The molecule has 0 radical (unpaired) electrons. The minimum Gasteiger partial charge on any atom is -0.497 e. The topological polar surface area (TPSA) is 68.2 Å². The van der Waals surface area contributed by atoms with Crippen LogP contribution in [-0.2, 0) is 9.59 Å². The van der Waals surface area contributed by atoms with E-state index >= 15 is 0 Å². The van der Waals surface area contributed by atoms with E-state index < -0.39 is 17.2 Å². The second kappa shape index (κ2) is 6.94. The van der Waals surface area contributed by atoms with Gasteiger partial charge in [-0.25, -0.2) is 9.89 Å². The number of alkyl halides is 1. The van der Waals surface area contributed by atoms with Crippen molar-refractivity contribution in [3.63, 3.8) is 0 Å². The van der Waals surface area contributed by atoms with Crippen LogP contribution in [0.15, 0.2) is 53.5 Å². The molecule has 128 valence electrons. The molecule has 25 heavy (non-hydrogen) atoms. The summed E-state index contributed by atoms with van der Waals surface area (Å²) in [6.07, 6.45) is 0. The van der Waals surface area contributed by atoms with Crippen LogP contribution in [0.1, 0.15) is 0 Å². The molecule has 2 aromatic rings. The highest BCUT2D eigenvalue weighted by atomic mass is 35.5. The molecule has 0 saturated carbocycles. The summed E-state index contributed by atoms with van der Waals surface area (Å²) in [7, 11) is 3.01. The number of methoxy groups -OCH3 is 2. The number of benzene rings is 2. The van der Waals surface area contributed by atoms with Gasteiger partial charge in [0.2, 0.25) is 0 Å². The van der Waals surface area contributed by atoms with E-state index in [4.69, 9.17) is 21.1 Å². The SMILES string of the molecule is COc1ccc(OC)c(N=C2C(=O)N(c3ccccc3)C(=O)C2Cl)c1. The van der Waals surface area contributed by atoms with Gasteiger partial charge in [0.05, 0.1) is 19.9 Å². The highest BCUT2D eigenvalue weighted by molar-refractivity contribution is 6.68. The van der Waals surface area contributed by atoms with Gasteiger partial charge in [-0.05, 0) is 24.3 Å². The Labute approximate surface area is 149 Å². The summed E-state index contributed by atoms with van der Waals surface area (Å²) in [6.45, 7) is 0. The maximum Gasteiger partial charge on any atom is 0.281 e. The standard InChI is InChI=1S/C18H15ClN2O4/c1-24-12-8-9-14(25-2)13(10-12)20-16-15(19)17(22)21(18(16)23)11-6-4-3-5-7-11/h3-10,15H,1-2H3. The highest BCUT2D eigenvalue weighted by Crippen LogP contribution is 2.34. The predicted molar refractivity (Wildman–Crippen MR) is 95.2 cm³/mol. The zero-order valence-corrected chi connectivity index (χ0v) is 14.4. The number of para-hydroxylation sites is 1. The van der Waals surface area contributed by atoms with Gasteiger partial charge in [0.1, 0.15) is 22.9 Å². The maximum atomic E-state index is 12.7. The molecule has 1 unspecified atom stereocenters. The molecule has 1 saturated heterocycles. The molecule has 0 aromatic heterocycles. The van der Waals surface area contributed by atoms with Gasteiger partial charge >= 0.3 is 0 Å². The largest absolute Gasteiger partial charge is 0.497 e. The number of hydrogen-bond donors (Lipinski definition) is 0. The van der Waals surface area contributed by atoms with E-state index in [1.54, 1.807) is 48.5 Å². The van der Waals surface area contributed by atoms with Gasteiger partial charge < -0.3 is 9.47 Å². The molecular weight excluding hydrogens is 344 g/mol. The summed E-state index contributed by atoms with van der Waals surface area (Å²) in [5, 5.41) is -1.16. The van der Waals surface area contributed by atoms with E-state index in [1.807, 2.05) is 0 Å². The van der Waals surface area contributed by atoms with Crippen molar-refractivity contribution >= 4 is 40.5 Å². The summed E-state index contributed by atoms with van der Waals surface area (Å²) >= 11 is 6.17. The smallest absolute Gasteiger partial charge is 0.281 e. The van der Waals surface area contributed by atoms with Crippen molar-refractivity contribution in [1.29, 1.82) is 0 Å². The lowest BCUT2D eigenvalue weighted by molar-refractivity contribution is -0.120. The lowest BCUT2D eigenvalue weighted by Crippen LogP contribution is -2.31. The monoisotopic (exact) mass is 358 g/mol. The maximum absolute atomic E-state index is 12.7. The first kappa shape index (κ1) is 17.0. The second-order valence-corrected chi connectivity index (χ2v) is 5.65. The van der Waals surface area contributed by atoms with E-state index in [0.29, 0.717) is 22.9 Å². The third-order valence-corrected chi connectivity index (χ3v) is 4.13. The van der Waals surface area contributed by atoms with Gasteiger partial charge in [-0.15, -0.1) is 11.6 Å². The Balaban J connectivity index is 2.04. The van der Waals surface area contributed by atoms with Gasteiger partial charge in [-0.1, -0.05) is 18.2 Å². The van der Waals surface area contributed by atoms with Crippen molar-refractivity contribution in [3.05, 3.63) is 48.5 Å². The van der Waals surface area contributed by atoms with Crippen molar-refractivity contribution in [3.8, 4) is 11.5 Å². The van der Waals surface area contributed by atoms with Crippen LogP contribution < -0.4 is 14.4 Å². The Morgan fingerprint density at radius 3 is 2.40 bits per heavy atom. The summed E-state index contributed by atoms with van der Waals surface area (Å²) in [5.41, 5.74) is 0.756. The molecule has 0 bridgehead atoms. The number of carbonyl (C=O) groups excluding carboxylic acids is 2. The first-order valence-electron chi connectivity index (χ1n) is 7.45. The second-order valence-electron chi connectivity index (χ2n) is 5.21. The van der Waals surface area contributed by atoms with E-state index in [9.17, 15) is 9.59 Å². The zero-order chi connectivity index (χ0) is 18.0. The van der Waals surface area contributed by atoms with Crippen LogP contribution in [0.25, 0.3) is 0 Å². The Bertz CT molecular complexity index is 851. The number of rotatable bonds is 4. The molecule has 1 aliphatic heterocycles. The van der Waals surface area contributed by atoms with Crippen LogP contribution in [0.3, 0.4) is 0 Å². The quantitative estimate of drug-likeness (QED) is 0.622. The Hall–Kier alpha value is -2.86. The third-order valence-electron chi connectivity index (χ3n) is 3.74. The van der Waals surface area contributed by atoms with Crippen LogP contribution in [0.5, 0.6) is 11.5 Å². The fourth-order valence-electron chi connectivity index (χ4n) is 2.49. The fraction of sp³-hybridized carbons (Fsp3) is 0.167. The molecule has 7 heteroatoms. The van der Waals surface area contributed by atoms with Gasteiger partial charge in [-0.2, -0.15) is 0 Å². The third kappa shape index (κ3) is 3.08. The normalized spacial score (nSPS) is 18.8. The minimum absolute atomic E-state index is 0.0536.